The van der Waals surface area contributed by atoms with E-state index in [1.807, 2.05) is 19.1 Å². The van der Waals surface area contributed by atoms with E-state index in [1.54, 1.807) is 12.1 Å². The van der Waals surface area contributed by atoms with Gasteiger partial charge in [0, 0.05) is 12.6 Å². The SMILES string of the molecule is CC1CC(NS(=O)(=O)c2ccc(CCN)cc2)CCO1. The largest absolute Gasteiger partial charge is 0.378 e. The standard InChI is InChI=1S/C14H22N2O3S/c1-11-10-13(7-9-19-11)16-20(17,18)14-4-2-12(3-5-14)6-8-15/h2-5,11,13,16H,6-10,15H2,1H3. The normalized spacial score (nSPS) is 23.7. The van der Waals surface area contributed by atoms with Crippen molar-refractivity contribution in [1.82, 2.24) is 4.72 Å². The van der Waals surface area contributed by atoms with E-state index in [-0.39, 0.29) is 12.1 Å². The summed E-state index contributed by atoms with van der Waals surface area (Å²) >= 11 is 0. The number of nitrogens with two attached hydrogens (primary N) is 1. The summed E-state index contributed by atoms with van der Waals surface area (Å²) in [6.07, 6.45) is 2.29. The number of hydrogen-bond donors (Lipinski definition) is 2. The lowest BCUT2D eigenvalue weighted by Crippen LogP contribution is -2.41. The van der Waals surface area contributed by atoms with Gasteiger partial charge in [-0.3, -0.25) is 0 Å². The summed E-state index contributed by atoms with van der Waals surface area (Å²) in [5, 5.41) is 0. The van der Waals surface area contributed by atoms with Crippen molar-refractivity contribution in [1.29, 1.82) is 0 Å². The first kappa shape index (κ1) is 15.4. The molecule has 0 aliphatic carbocycles. The smallest absolute Gasteiger partial charge is 0.240 e. The molecular weight excluding hydrogens is 276 g/mol. The Labute approximate surface area is 120 Å². The van der Waals surface area contributed by atoms with Gasteiger partial charge in [0.15, 0.2) is 0 Å². The van der Waals surface area contributed by atoms with E-state index in [0.717, 1.165) is 18.4 Å². The van der Waals surface area contributed by atoms with Crippen LogP contribution in [0.25, 0.3) is 0 Å². The van der Waals surface area contributed by atoms with Gasteiger partial charge < -0.3 is 10.5 Å². The van der Waals surface area contributed by atoms with Crippen molar-refractivity contribution in [2.24, 2.45) is 5.73 Å². The molecule has 0 aromatic heterocycles. The highest BCUT2D eigenvalue weighted by Gasteiger charge is 2.24. The lowest BCUT2D eigenvalue weighted by molar-refractivity contribution is 0.0173. The summed E-state index contributed by atoms with van der Waals surface area (Å²) in [5.74, 6) is 0. The predicted molar refractivity (Wildman–Crippen MR) is 78.0 cm³/mol. The quantitative estimate of drug-likeness (QED) is 0.851. The Bertz CT molecular complexity index is 528. The zero-order chi connectivity index (χ0) is 14.6. The first-order valence-electron chi connectivity index (χ1n) is 6.94. The van der Waals surface area contributed by atoms with Gasteiger partial charge in [-0.1, -0.05) is 12.1 Å². The molecule has 0 amide bonds. The van der Waals surface area contributed by atoms with Crippen LogP contribution in [0.2, 0.25) is 0 Å². The number of sulfonamides is 1. The van der Waals surface area contributed by atoms with Crippen LogP contribution in [0.3, 0.4) is 0 Å². The van der Waals surface area contributed by atoms with Crippen molar-refractivity contribution < 1.29 is 13.2 Å². The maximum Gasteiger partial charge on any atom is 0.240 e. The molecule has 5 nitrogen and oxygen atoms in total. The Morgan fingerprint density at radius 1 is 1.35 bits per heavy atom. The lowest BCUT2D eigenvalue weighted by Gasteiger charge is -2.27. The molecule has 0 radical (unpaired) electrons. The van der Waals surface area contributed by atoms with E-state index in [0.29, 0.717) is 24.5 Å². The maximum absolute atomic E-state index is 12.3. The number of benzene rings is 1. The van der Waals surface area contributed by atoms with Gasteiger partial charge in [-0.05, 0) is 50.4 Å². The topological polar surface area (TPSA) is 81.4 Å². The minimum atomic E-state index is -3.45. The first-order valence-corrected chi connectivity index (χ1v) is 8.42. The van der Waals surface area contributed by atoms with Crippen molar-refractivity contribution in [3.8, 4) is 0 Å². The minimum absolute atomic E-state index is 0.0486. The van der Waals surface area contributed by atoms with Gasteiger partial charge in [-0.25, -0.2) is 13.1 Å². The fourth-order valence-corrected chi connectivity index (χ4v) is 3.68. The second kappa shape index (κ2) is 6.67. The fraction of sp³-hybridized carbons (Fsp3) is 0.571. The molecular formula is C14H22N2O3S. The Morgan fingerprint density at radius 3 is 2.65 bits per heavy atom. The van der Waals surface area contributed by atoms with Crippen molar-refractivity contribution in [2.45, 2.75) is 43.2 Å². The third kappa shape index (κ3) is 4.02. The third-order valence-electron chi connectivity index (χ3n) is 3.47. The Kier molecular flexibility index (Phi) is 5.15. The van der Waals surface area contributed by atoms with Gasteiger partial charge in [0.05, 0.1) is 11.0 Å². The lowest BCUT2D eigenvalue weighted by atomic mass is 10.1. The van der Waals surface area contributed by atoms with Crippen molar-refractivity contribution >= 4 is 10.0 Å². The van der Waals surface area contributed by atoms with Gasteiger partial charge in [0.25, 0.3) is 0 Å². The Balaban J connectivity index is 2.05. The minimum Gasteiger partial charge on any atom is -0.378 e. The summed E-state index contributed by atoms with van der Waals surface area (Å²) in [5.41, 5.74) is 6.53. The number of nitrogens with one attached hydrogen (secondary N) is 1. The molecule has 1 heterocycles. The van der Waals surface area contributed by atoms with E-state index in [9.17, 15) is 8.42 Å². The second-order valence-corrected chi connectivity index (χ2v) is 6.92. The molecule has 2 unspecified atom stereocenters. The monoisotopic (exact) mass is 298 g/mol. The molecule has 0 bridgehead atoms. The highest BCUT2D eigenvalue weighted by atomic mass is 32.2. The molecule has 20 heavy (non-hydrogen) atoms. The molecule has 3 N–H and O–H groups in total. The molecule has 0 saturated carbocycles. The Hall–Kier alpha value is -0.950. The Morgan fingerprint density at radius 2 is 2.05 bits per heavy atom. The second-order valence-electron chi connectivity index (χ2n) is 5.21. The molecule has 1 aromatic rings. The summed E-state index contributed by atoms with van der Waals surface area (Å²) in [6.45, 7) is 3.12. The summed E-state index contributed by atoms with van der Waals surface area (Å²) in [7, 11) is -3.45. The van der Waals surface area contributed by atoms with Gasteiger partial charge in [0.1, 0.15) is 0 Å². The van der Waals surface area contributed by atoms with Gasteiger partial charge in [-0.15, -0.1) is 0 Å². The van der Waals surface area contributed by atoms with Crippen LogP contribution in [0, 0.1) is 0 Å². The predicted octanol–water partition coefficient (Wildman–Crippen LogP) is 1.03. The first-order chi connectivity index (χ1) is 9.51. The van der Waals surface area contributed by atoms with Gasteiger partial charge in [0.2, 0.25) is 10.0 Å². The van der Waals surface area contributed by atoms with Crippen LogP contribution in [0.15, 0.2) is 29.2 Å². The van der Waals surface area contributed by atoms with E-state index < -0.39 is 10.0 Å². The maximum atomic E-state index is 12.3. The average molecular weight is 298 g/mol. The number of ether oxygens (including phenoxy) is 1. The molecule has 0 spiro atoms. The molecule has 2 atom stereocenters. The van der Waals surface area contributed by atoms with Crippen molar-refractivity contribution in [3.05, 3.63) is 29.8 Å². The van der Waals surface area contributed by atoms with Gasteiger partial charge >= 0.3 is 0 Å². The van der Waals surface area contributed by atoms with E-state index in [2.05, 4.69) is 4.72 Å². The van der Waals surface area contributed by atoms with Crippen molar-refractivity contribution in [3.63, 3.8) is 0 Å². The van der Waals surface area contributed by atoms with Crippen LogP contribution in [0.4, 0.5) is 0 Å². The summed E-state index contributed by atoms with van der Waals surface area (Å²) in [6, 6.07) is 6.85. The van der Waals surface area contributed by atoms with Crippen molar-refractivity contribution in [2.75, 3.05) is 13.2 Å². The van der Waals surface area contributed by atoms with E-state index >= 15 is 0 Å². The molecule has 1 saturated heterocycles. The van der Waals surface area contributed by atoms with Gasteiger partial charge in [-0.2, -0.15) is 0 Å². The number of rotatable bonds is 5. The molecule has 1 aromatic carbocycles. The molecule has 112 valence electrons. The van der Waals surface area contributed by atoms with E-state index in [1.165, 1.54) is 0 Å². The summed E-state index contributed by atoms with van der Waals surface area (Å²) in [4.78, 5) is 0.303. The highest BCUT2D eigenvalue weighted by Crippen LogP contribution is 2.17. The van der Waals surface area contributed by atoms with E-state index in [4.69, 9.17) is 10.5 Å². The molecule has 1 aliphatic rings. The molecule has 6 heteroatoms. The molecule has 2 rings (SSSR count). The highest BCUT2D eigenvalue weighted by molar-refractivity contribution is 7.89. The fourth-order valence-electron chi connectivity index (χ4n) is 2.39. The average Bonchev–Trinajstić information content (AvgIpc) is 2.39. The summed E-state index contributed by atoms with van der Waals surface area (Å²) < 4.78 is 32.8. The van der Waals surface area contributed by atoms with Crippen LogP contribution in [0.1, 0.15) is 25.3 Å². The van der Waals surface area contributed by atoms with Crippen LogP contribution in [-0.4, -0.2) is 33.7 Å². The number of hydrogen-bond acceptors (Lipinski definition) is 4. The van der Waals surface area contributed by atoms with Crippen LogP contribution in [0.5, 0.6) is 0 Å². The zero-order valence-electron chi connectivity index (χ0n) is 11.7. The molecule has 1 fully saturated rings. The third-order valence-corrected chi connectivity index (χ3v) is 5.01. The zero-order valence-corrected chi connectivity index (χ0v) is 12.5. The van der Waals surface area contributed by atoms with Crippen LogP contribution < -0.4 is 10.5 Å². The van der Waals surface area contributed by atoms with Crippen LogP contribution in [-0.2, 0) is 21.2 Å². The molecule has 1 aliphatic heterocycles. The van der Waals surface area contributed by atoms with Crippen LogP contribution >= 0.6 is 0 Å².